The Hall–Kier alpha value is -1.89. The van der Waals surface area contributed by atoms with Gasteiger partial charge in [0.1, 0.15) is 0 Å². The molecule has 0 saturated heterocycles. The van der Waals surface area contributed by atoms with Gasteiger partial charge in [-0.3, -0.25) is 4.98 Å². The van der Waals surface area contributed by atoms with Crippen LogP contribution in [0.15, 0.2) is 30.7 Å². The average Bonchev–Trinajstić information content (AvgIpc) is 2.86. The number of aromatic nitrogens is 3. The Morgan fingerprint density at radius 2 is 2.10 bits per heavy atom. The van der Waals surface area contributed by atoms with Crippen LogP contribution in [0.2, 0.25) is 0 Å². The first kappa shape index (κ1) is 14.5. The molecular formula is C13H15F3N4. The molecule has 108 valence electrons. The second-order valence-electron chi connectivity index (χ2n) is 4.71. The van der Waals surface area contributed by atoms with Gasteiger partial charge in [0.05, 0.1) is 23.1 Å². The fourth-order valence-electron chi connectivity index (χ4n) is 1.62. The van der Waals surface area contributed by atoms with Gasteiger partial charge in [0, 0.05) is 25.0 Å². The molecule has 4 nitrogen and oxygen atoms in total. The molecule has 0 radical (unpaired) electrons. The summed E-state index contributed by atoms with van der Waals surface area (Å²) in [6.07, 6.45) is -1.05. The van der Waals surface area contributed by atoms with E-state index in [0.717, 1.165) is 18.1 Å². The normalized spacial score (nSPS) is 12.1. The summed E-state index contributed by atoms with van der Waals surface area (Å²) in [4.78, 5) is 4.17. The molecule has 2 rings (SSSR count). The fourth-order valence-corrected chi connectivity index (χ4v) is 1.62. The number of rotatable bonds is 4. The van der Waals surface area contributed by atoms with Gasteiger partial charge in [-0.2, -0.15) is 18.3 Å². The van der Waals surface area contributed by atoms with Crippen molar-refractivity contribution in [3.8, 4) is 5.69 Å². The van der Waals surface area contributed by atoms with Crippen LogP contribution in [0.3, 0.4) is 0 Å². The molecule has 0 bridgehead atoms. The Labute approximate surface area is 114 Å². The largest absolute Gasteiger partial charge is 0.419 e. The topological polar surface area (TPSA) is 42.7 Å². The summed E-state index contributed by atoms with van der Waals surface area (Å²) in [6.45, 7) is 4.57. The van der Waals surface area contributed by atoms with Crippen LogP contribution in [0.5, 0.6) is 0 Å². The Balaban J connectivity index is 2.20. The second kappa shape index (κ2) is 5.62. The minimum absolute atomic E-state index is 0.307. The van der Waals surface area contributed by atoms with Crippen LogP contribution in [0.4, 0.5) is 13.2 Å². The lowest BCUT2D eigenvalue weighted by Gasteiger charge is -2.08. The van der Waals surface area contributed by atoms with E-state index in [1.54, 1.807) is 18.3 Å². The molecule has 0 fully saturated rings. The molecule has 2 heterocycles. The van der Waals surface area contributed by atoms with Gasteiger partial charge in [-0.1, -0.05) is 13.8 Å². The van der Waals surface area contributed by atoms with E-state index in [0.29, 0.717) is 18.3 Å². The number of hydrogen-bond acceptors (Lipinski definition) is 3. The predicted octanol–water partition coefficient (Wildman–Crippen LogP) is 2.78. The highest BCUT2D eigenvalue weighted by Crippen LogP contribution is 2.29. The molecule has 0 aliphatic rings. The van der Waals surface area contributed by atoms with Gasteiger partial charge < -0.3 is 5.32 Å². The third kappa shape index (κ3) is 3.57. The summed E-state index contributed by atoms with van der Waals surface area (Å²) in [7, 11) is 0. The zero-order valence-corrected chi connectivity index (χ0v) is 11.1. The van der Waals surface area contributed by atoms with Gasteiger partial charge >= 0.3 is 6.18 Å². The van der Waals surface area contributed by atoms with Crippen LogP contribution in [-0.4, -0.2) is 20.8 Å². The molecular weight excluding hydrogens is 269 g/mol. The maximum absolute atomic E-state index is 12.5. The standard InChI is InChI=1S/C13H15F3N4/c1-9(2)18-7-11-5-12(3-4-17-11)20-8-10(6-19-20)13(14,15)16/h3-6,8-9,18H,7H2,1-2H3. The number of alkyl halides is 3. The van der Waals surface area contributed by atoms with Crippen molar-refractivity contribution in [3.63, 3.8) is 0 Å². The number of hydrogen-bond donors (Lipinski definition) is 1. The number of halogens is 3. The molecule has 0 aliphatic heterocycles. The maximum atomic E-state index is 12.5. The van der Waals surface area contributed by atoms with Gasteiger partial charge in [-0.05, 0) is 12.1 Å². The van der Waals surface area contributed by atoms with Crippen LogP contribution in [0, 0.1) is 0 Å². The van der Waals surface area contributed by atoms with Crippen LogP contribution < -0.4 is 5.32 Å². The van der Waals surface area contributed by atoms with Crippen molar-refractivity contribution in [2.24, 2.45) is 0 Å². The van der Waals surface area contributed by atoms with Gasteiger partial charge in [-0.15, -0.1) is 0 Å². The van der Waals surface area contributed by atoms with E-state index >= 15 is 0 Å². The van der Waals surface area contributed by atoms with Crippen molar-refractivity contribution in [2.45, 2.75) is 32.6 Å². The third-order valence-electron chi connectivity index (χ3n) is 2.67. The van der Waals surface area contributed by atoms with Gasteiger partial charge in [-0.25, -0.2) is 4.68 Å². The maximum Gasteiger partial charge on any atom is 0.419 e. The third-order valence-corrected chi connectivity index (χ3v) is 2.67. The van der Waals surface area contributed by atoms with E-state index in [1.807, 2.05) is 13.8 Å². The minimum atomic E-state index is -4.38. The molecule has 0 spiro atoms. The molecule has 2 aromatic heterocycles. The van der Waals surface area contributed by atoms with Crippen molar-refractivity contribution in [1.29, 1.82) is 0 Å². The zero-order chi connectivity index (χ0) is 14.8. The van der Waals surface area contributed by atoms with E-state index in [1.165, 1.54) is 4.68 Å². The first-order valence-electron chi connectivity index (χ1n) is 6.17. The minimum Gasteiger partial charge on any atom is -0.309 e. The first-order valence-corrected chi connectivity index (χ1v) is 6.17. The number of nitrogens with zero attached hydrogens (tertiary/aromatic N) is 3. The van der Waals surface area contributed by atoms with Crippen LogP contribution in [0.25, 0.3) is 5.69 Å². The van der Waals surface area contributed by atoms with Crippen LogP contribution >= 0.6 is 0 Å². The lowest BCUT2D eigenvalue weighted by molar-refractivity contribution is -0.137. The summed E-state index contributed by atoms with van der Waals surface area (Å²) < 4.78 is 38.8. The van der Waals surface area contributed by atoms with E-state index in [9.17, 15) is 13.2 Å². The van der Waals surface area contributed by atoms with E-state index in [4.69, 9.17) is 0 Å². The Bertz CT molecular complexity index is 575. The Morgan fingerprint density at radius 3 is 2.70 bits per heavy atom. The Kier molecular flexibility index (Phi) is 4.08. The highest BCUT2D eigenvalue weighted by atomic mass is 19.4. The summed E-state index contributed by atoms with van der Waals surface area (Å²) in [5.41, 5.74) is 0.535. The molecule has 0 atom stereocenters. The predicted molar refractivity (Wildman–Crippen MR) is 68.3 cm³/mol. The molecule has 2 aromatic rings. The lowest BCUT2D eigenvalue weighted by Crippen LogP contribution is -2.22. The summed E-state index contributed by atoms with van der Waals surface area (Å²) in [5.74, 6) is 0. The molecule has 0 aromatic carbocycles. The summed E-state index contributed by atoms with van der Waals surface area (Å²) in [5, 5.41) is 6.94. The monoisotopic (exact) mass is 284 g/mol. The molecule has 7 heteroatoms. The smallest absolute Gasteiger partial charge is 0.309 e. The van der Waals surface area contributed by atoms with Gasteiger partial charge in [0.15, 0.2) is 0 Å². The van der Waals surface area contributed by atoms with Gasteiger partial charge in [0.2, 0.25) is 0 Å². The molecule has 0 aliphatic carbocycles. The van der Waals surface area contributed by atoms with Gasteiger partial charge in [0.25, 0.3) is 0 Å². The highest BCUT2D eigenvalue weighted by Gasteiger charge is 2.32. The molecule has 0 amide bonds. The Morgan fingerprint density at radius 1 is 1.35 bits per heavy atom. The van der Waals surface area contributed by atoms with Crippen LogP contribution in [-0.2, 0) is 12.7 Å². The van der Waals surface area contributed by atoms with Crippen molar-refractivity contribution in [2.75, 3.05) is 0 Å². The first-order chi connectivity index (χ1) is 9.36. The fraction of sp³-hybridized carbons (Fsp3) is 0.385. The van der Waals surface area contributed by atoms with Crippen molar-refractivity contribution in [1.82, 2.24) is 20.1 Å². The molecule has 0 unspecified atom stereocenters. The van der Waals surface area contributed by atoms with Crippen molar-refractivity contribution < 1.29 is 13.2 Å². The number of nitrogens with one attached hydrogen (secondary N) is 1. The van der Waals surface area contributed by atoms with E-state index < -0.39 is 11.7 Å². The molecule has 1 N–H and O–H groups in total. The summed E-state index contributed by atoms with van der Waals surface area (Å²) >= 11 is 0. The number of pyridine rings is 1. The second-order valence-corrected chi connectivity index (χ2v) is 4.71. The SMILES string of the molecule is CC(C)NCc1cc(-n2cc(C(F)(F)F)cn2)ccn1. The molecule has 20 heavy (non-hydrogen) atoms. The highest BCUT2D eigenvalue weighted by molar-refractivity contribution is 5.32. The zero-order valence-electron chi connectivity index (χ0n) is 11.1. The van der Waals surface area contributed by atoms with Crippen LogP contribution in [0.1, 0.15) is 25.1 Å². The van der Waals surface area contributed by atoms with Crippen molar-refractivity contribution >= 4 is 0 Å². The molecule has 0 saturated carbocycles. The quantitative estimate of drug-likeness (QED) is 0.938. The lowest BCUT2D eigenvalue weighted by atomic mass is 10.3. The average molecular weight is 284 g/mol. The van der Waals surface area contributed by atoms with E-state index in [2.05, 4.69) is 15.4 Å². The van der Waals surface area contributed by atoms with Crippen molar-refractivity contribution in [3.05, 3.63) is 42.0 Å². The van der Waals surface area contributed by atoms with E-state index in [-0.39, 0.29) is 0 Å². The summed E-state index contributed by atoms with van der Waals surface area (Å²) in [6, 6.07) is 3.64.